The molecule has 0 heterocycles. The molecule has 0 radical (unpaired) electrons. The van der Waals surface area contributed by atoms with E-state index in [1.807, 2.05) is 0 Å². The third-order valence-corrected chi connectivity index (χ3v) is 9.61. The van der Waals surface area contributed by atoms with E-state index < -0.39 is 70.1 Å². The number of carbonyl (C=O) groups is 6. The number of nitrogens with one attached hydrogen (secondary N) is 1. The highest BCUT2D eigenvalue weighted by molar-refractivity contribution is 6.32. The Kier molecular flexibility index (Phi) is 6.45. The van der Waals surface area contributed by atoms with Crippen molar-refractivity contribution >= 4 is 40.6 Å². The molecule has 2 unspecified atom stereocenters. The molecule has 5 N–H and O–H groups in total. The monoisotopic (exact) mass is 572 g/mol. The zero-order valence-electron chi connectivity index (χ0n) is 23.3. The number of ketones is 4. The standard InChI is InChI=1S/C32H32N2O8/c1-13(2)22-20-12-16-11-19-18(14-5-7-17(8-6-14)34-31(41)15-3-4-15)9-10-21(35)24(19)27(37)23(16)28(38)32(20,42)29(39)25(26(22)36)30(33)40/h5-10,13,15-16,20,22-23,25,35,42H,3-4,11-12H2,1-2H3,(H2,33,40)(H,34,41)/t16-,20-,22-,23?,25?,32-/m0/s1. The Morgan fingerprint density at radius 2 is 1.67 bits per heavy atom. The second-order valence-corrected chi connectivity index (χ2v) is 12.5. The Hall–Kier alpha value is -4.18. The SMILES string of the molecule is CC(C)[C@@H]1C(=O)C(C(N)=O)C(=O)[C@@]2(O)C(=O)C3C(=O)c4c(O)ccc(-c5ccc(NC(=O)C6CC6)cc5)c4C[C@H]3C[C@@H]12. The number of nitrogens with two attached hydrogens (primary N) is 1. The van der Waals surface area contributed by atoms with Gasteiger partial charge in [-0.25, -0.2) is 0 Å². The van der Waals surface area contributed by atoms with Crippen molar-refractivity contribution in [3.8, 4) is 16.9 Å². The fourth-order valence-electron chi connectivity index (χ4n) is 7.45. The highest BCUT2D eigenvalue weighted by Crippen LogP contribution is 2.53. The smallest absolute Gasteiger partial charge is 0.235 e. The molecule has 2 aromatic rings. The Morgan fingerprint density at radius 3 is 2.26 bits per heavy atom. The highest BCUT2D eigenvalue weighted by atomic mass is 16.3. The van der Waals surface area contributed by atoms with Crippen molar-refractivity contribution in [2.75, 3.05) is 5.32 Å². The zero-order valence-corrected chi connectivity index (χ0v) is 23.3. The number of phenols is 1. The van der Waals surface area contributed by atoms with Crippen LogP contribution in [0, 0.1) is 41.4 Å². The summed E-state index contributed by atoms with van der Waals surface area (Å²) in [5, 5.41) is 25.4. The number of rotatable bonds is 5. The number of hydrogen-bond acceptors (Lipinski definition) is 8. The normalized spacial score (nSPS) is 30.4. The summed E-state index contributed by atoms with van der Waals surface area (Å²) in [5.74, 6) is -11.9. The zero-order chi connectivity index (χ0) is 30.2. The first-order chi connectivity index (χ1) is 19.9. The van der Waals surface area contributed by atoms with Gasteiger partial charge in [0.25, 0.3) is 0 Å². The van der Waals surface area contributed by atoms with Gasteiger partial charge >= 0.3 is 0 Å². The fraction of sp³-hybridized carbons (Fsp3) is 0.438. The lowest BCUT2D eigenvalue weighted by atomic mass is 9.49. The maximum atomic E-state index is 14.0. The number of primary amides is 1. The van der Waals surface area contributed by atoms with Crippen LogP contribution in [-0.4, -0.2) is 50.8 Å². The lowest BCUT2D eigenvalue weighted by Crippen LogP contribution is -2.71. The van der Waals surface area contributed by atoms with Gasteiger partial charge in [-0.1, -0.05) is 32.0 Å². The number of hydrogen-bond donors (Lipinski definition) is 4. The summed E-state index contributed by atoms with van der Waals surface area (Å²) in [4.78, 5) is 78.9. The number of amides is 2. The van der Waals surface area contributed by atoms with E-state index >= 15 is 0 Å². The van der Waals surface area contributed by atoms with Crippen molar-refractivity contribution in [1.82, 2.24) is 0 Å². The number of carbonyl (C=O) groups excluding carboxylic acids is 6. The molecule has 0 aliphatic heterocycles. The minimum absolute atomic E-state index is 0.0190. The van der Waals surface area contributed by atoms with Crippen LogP contribution in [0.5, 0.6) is 5.75 Å². The van der Waals surface area contributed by atoms with Crippen LogP contribution in [0.3, 0.4) is 0 Å². The second-order valence-electron chi connectivity index (χ2n) is 12.5. The van der Waals surface area contributed by atoms with E-state index in [-0.39, 0.29) is 36.0 Å². The van der Waals surface area contributed by atoms with Gasteiger partial charge in [0.2, 0.25) is 11.8 Å². The number of Topliss-reactive ketones (excluding diaryl/α,β-unsaturated/α-hetero) is 4. The van der Waals surface area contributed by atoms with Gasteiger partial charge < -0.3 is 21.3 Å². The number of aromatic hydroxyl groups is 1. The molecule has 6 rings (SSSR count). The van der Waals surface area contributed by atoms with E-state index in [4.69, 9.17) is 5.73 Å². The quantitative estimate of drug-likeness (QED) is 0.394. The van der Waals surface area contributed by atoms with Gasteiger partial charge in [0.1, 0.15) is 5.75 Å². The molecule has 4 aliphatic rings. The van der Waals surface area contributed by atoms with Crippen molar-refractivity contribution in [1.29, 1.82) is 0 Å². The van der Waals surface area contributed by atoms with Crippen LogP contribution in [-0.2, 0) is 30.4 Å². The van der Waals surface area contributed by atoms with E-state index in [2.05, 4.69) is 5.32 Å². The average molecular weight is 573 g/mol. The molecule has 218 valence electrons. The summed E-state index contributed by atoms with van der Waals surface area (Å²) in [5.41, 5.74) is 5.16. The number of anilines is 1. The van der Waals surface area contributed by atoms with Crippen LogP contribution in [0.15, 0.2) is 36.4 Å². The minimum Gasteiger partial charge on any atom is -0.507 e. The lowest BCUT2D eigenvalue weighted by Gasteiger charge is -2.52. The fourth-order valence-corrected chi connectivity index (χ4v) is 7.45. The molecular formula is C32H32N2O8. The molecule has 10 nitrogen and oxygen atoms in total. The summed E-state index contributed by atoms with van der Waals surface area (Å²) in [6.07, 6.45) is 1.96. The predicted molar refractivity (Wildman–Crippen MR) is 149 cm³/mol. The maximum absolute atomic E-state index is 14.0. The van der Waals surface area contributed by atoms with E-state index in [0.717, 1.165) is 18.4 Å². The van der Waals surface area contributed by atoms with Crippen LogP contribution in [0.1, 0.15) is 49.0 Å². The van der Waals surface area contributed by atoms with Gasteiger partial charge in [-0.3, -0.25) is 28.8 Å². The Bertz CT molecular complexity index is 1570. The summed E-state index contributed by atoms with van der Waals surface area (Å²) in [6, 6.07) is 10.2. The van der Waals surface area contributed by atoms with E-state index in [1.54, 1.807) is 44.2 Å². The van der Waals surface area contributed by atoms with Gasteiger partial charge in [0, 0.05) is 23.4 Å². The first-order valence-corrected chi connectivity index (χ1v) is 14.3. The molecule has 0 aromatic heterocycles. The third-order valence-electron chi connectivity index (χ3n) is 9.61. The first-order valence-electron chi connectivity index (χ1n) is 14.3. The topological polar surface area (TPSA) is 181 Å². The van der Waals surface area contributed by atoms with Gasteiger partial charge in [0.05, 0.1) is 11.5 Å². The Morgan fingerprint density at radius 1 is 1.00 bits per heavy atom. The summed E-state index contributed by atoms with van der Waals surface area (Å²) in [6.45, 7) is 3.42. The lowest BCUT2D eigenvalue weighted by molar-refractivity contribution is -0.182. The molecule has 4 aliphatic carbocycles. The number of benzene rings is 2. The number of aliphatic hydroxyl groups is 1. The van der Waals surface area contributed by atoms with Crippen LogP contribution >= 0.6 is 0 Å². The molecule has 3 saturated carbocycles. The molecule has 0 bridgehead atoms. The van der Waals surface area contributed by atoms with Crippen molar-refractivity contribution < 1.29 is 39.0 Å². The Labute approximate surface area is 241 Å². The molecule has 42 heavy (non-hydrogen) atoms. The van der Waals surface area contributed by atoms with Crippen LogP contribution in [0.25, 0.3) is 11.1 Å². The summed E-state index contributed by atoms with van der Waals surface area (Å²) in [7, 11) is 0. The molecular weight excluding hydrogens is 540 g/mol. The van der Waals surface area contributed by atoms with Crippen molar-refractivity contribution in [2.24, 2.45) is 47.2 Å². The van der Waals surface area contributed by atoms with Gasteiger partial charge in [-0.2, -0.15) is 0 Å². The first kappa shape index (κ1) is 28.0. The van der Waals surface area contributed by atoms with Gasteiger partial charge in [-0.15, -0.1) is 0 Å². The second kappa shape index (κ2) is 9.69. The van der Waals surface area contributed by atoms with Crippen molar-refractivity contribution in [3.05, 3.63) is 47.5 Å². The van der Waals surface area contributed by atoms with Crippen molar-refractivity contribution in [2.45, 2.75) is 45.1 Å². The van der Waals surface area contributed by atoms with E-state index in [0.29, 0.717) is 16.8 Å². The number of phenolic OH excluding ortho intramolecular Hbond substituents is 1. The maximum Gasteiger partial charge on any atom is 0.235 e. The van der Waals surface area contributed by atoms with Gasteiger partial charge in [-0.05, 0) is 72.4 Å². The molecule has 6 atom stereocenters. The minimum atomic E-state index is -2.72. The molecule has 10 heteroatoms. The van der Waals surface area contributed by atoms with Gasteiger partial charge in [0.15, 0.2) is 34.7 Å². The average Bonchev–Trinajstić information content (AvgIpc) is 3.77. The van der Waals surface area contributed by atoms with Crippen molar-refractivity contribution in [3.63, 3.8) is 0 Å². The summed E-state index contributed by atoms with van der Waals surface area (Å²) >= 11 is 0. The molecule has 0 spiro atoms. The largest absolute Gasteiger partial charge is 0.507 e. The van der Waals surface area contributed by atoms with Crippen LogP contribution in [0.4, 0.5) is 5.69 Å². The van der Waals surface area contributed by atoms with Crippen LogP contribution < -0.4 is 11.1 Å². The van der Waals surface area contributed by atoms with E-state index in [1.165, 1.54) is 6.07 Å². The molecule has 3 fully saturated rings. The van der Waals surface area contributed by atoms with Crippen LogP contribution in [0.2, 0.25) is 0 Å². The molecule has 0 saturated heterocycles. The molecule has 2 aromatic carbocycles. The summed E-state index contributed by atoms with van der Waals surface area (Å²) < 4.78 is 0. The third kappa shape index (κ3) is 4.03. The highest BCUT2D eigenvalue weighted by Gasteiger charge is 2.69. The number of fused-ring (bicyclic) bond motifs is 3. The van der Waals surface area contributed by atoms with E-state index in [9.17, 15) is 39.0 Å². The predicted octanol–water partition coefficient (Wildman–Crippen LogP) is 2.22. The Balaban J connectivity index is 1.39. The molecule has 2 amide bonds.